The van der Waals surface area contributed by atoms with Crippen LogP contribution in [-0.4, -0.2) is 36.1 Å². The smallest absolute Gasteiger partial charge is 0.129 e. The second-order valence-electron chi connectivity index (χ2n) is 1.57. The fourth-order valence-corrected chi connectivity index (χ4v) is 0.760. The Morgan fingerprint density at radius 3 is 2.22 bits per heavy atom. The molecule has 0 bridgehead atoms. The van der Waals surface area contributed by atoms with Gasteiger partial charge in [-0.25, -0.2) is 8.57 Å². The van der Waals surface area contributed by atoms with E-state index in [2.05, 4.69) is 9.20 Å². The first-order valence-corrected chi connectivity index (χ1v) is 4.31. The molecule has 0 aromatic heterocycles. The summed E-state index contributed by atoms with van der Waals surface area (Å²) in [5.74, 6) is 0. The second-order valence-corrected chi connectivity index (χ2v) is 3.97. The highest BCUT2D eigenvalue weighted by Gasteiger charge is 2.04. The second kappa shape index (κ2) is 3.14. The molecule has 0 aliphatic rings. The van der Waals surface area contributed by atoms with Gasteiger partial charge in [-0.2, -0.15) is 0 Å². The molecule has 1 atom stereocenters. The third-order valence-electron chi connectivity index (χ3n) is 1.07. The van der Waals surface area contributed by atoms with Crippen molar-refractivity contribution in [2.24, 2.45) is 4.36 Å². The summed E-state index contributed by atoms with van der Waals surface area (Å²) in [6.07, 6.45) is 1.51. The highest BCUT2D eigenvalue weighted by atomic mass is 32.2. The van der Waals surface area contributed by atoms with Crippen LogP contribution in [0.15, 0.2) is 4.36 Å². The van der Waals surface area contributed by atoms with Gasteiger partial charge in [-0.15, -0.1) is 4.47 Å². The standard InChI is InChI=1S/C4H12N2O2S/c1-5-9(4,7)6(2)8-3/h1-4H3. The Labute approximate surface area is 56.1 Å². The number of rotatable bonds is 2. The molecule has 0 aromatic carbocycles. The first-order chi connectivity index (χ1) is 4.04. The van der Waals surface area contributed by atoms with Crippen molar-refractivity contribution in [1.82, 2.24) is 4.47 Å². The van der Waals surface area contributed by atoms with E-state index in [4.69, 9.17) is 0 Å². The molecule has 0 aromatic rings. The highest BCUT2D eigenvalue weighted by molar-refractivity contribution is 7.90. The third-order valence-corrected chi connectivity index (χ3v) is 2.85. The Hall–Kier alpha value is -0.130. The summed E-state index contributed by atoms with van der Waals surface area (Å²) in [7, 11) is 2.27. The average molecular weight is 152 g/mol. The van der Waals surface area contributed by atoms with Crippen LogP contribution in [0.5, 0.6) is 0 Å². The van der Waals surface area contributed by atoms with Gasteiger partial charge in [-0.1, -0.05) is 0 Å². The molecule has 0 saturated heterocycles. The summed E-state index contributed by atoms with van der Waals surface area (Å²) < 4.78 is 16.0. The zero-order chi connectivity index (χ0) is 7.49. The van der Waals surface area contributed by atoms with E-state index in [0.29, 0.717) is 0 Å². The van der Waals surface area contributed by atoms with Crippen molar-refractivity contribution in [3.8, 4) is 0 Å². The van der Waals surface area contributed by atoms with Gasteiger partial charge in [0.1, 0.15) is 9.92 Å². The van der Waals surface area contributed by atoms with E-state index in [1.54, 1.807) is 7.05 Å². The summed E-state index contributed by atoms with van der Waals surface area (Å²) in [4.78, 5) is 4.67. The SMILES string of the molecule is CN=S(C)(=O)N(C)OC. The molecule has 4 nitrogen and oxygen atoms in total. The Morgan fingerprint density at radius 2 is 2.11 bits per heavy atom. The van der Waals surface area contributed by atoms with Crippen molar-refractivity contribution < 1.29 is 9.05 Å². The Balaban J connectivity index is 4.36. The van der Waals surface area contributed by atoms with Crippen LogP contribution in [0.4, 0.5) is 0 Å². The lowest BCUT2D eigenvalue weighted by Crippen LogP contribution is -2.23. The molecule has 0 aliphatic carbocycles. The Bertz CT molecular complexity index is 183. The molecule has 0 rings (SSSR count). The van der Waals surface area contributed by atoms with E-state index in [1.165, 1.54) is 24.9 Å². The summed E-state index contributed by atoms with van der Waals surface area (Å²) in [5.41, 5.74) is 0. The van der Waals surface area contributed by atoms with Crippen molar-refractivity contribution in [3.63, 3.8) is 0 Å². The van der Waals surface area contributed by atoms with Gasteiger partial charge in [0.25, 0.3) is 0 Å². The molecule has 5 heteroatoms. The zero-order valence-electron chi connectivity index (χ0n) is 6.12. The van der Waals surface area contributed by atoms with Gasteiger partial charge in [-0.05, 0) is 0 Å². The number of hydroxylamine groups is 1. The lowest BCUT2D eigenvalue weighted by Gasteiger charge is -2.13. The van der Waals surface area contributed by atoms with Gasteiger partial charge in [0.2, 0.25) is 0 Å². The van der Waals surface area contributed by atoms with Gasteiger partial charge >= 0.3 is 0 Å². The van der Waals surface area contributed by atoms with Crippen LogP contribution in [-0.2, 0) is 14.8 Å². The fourth-order valence-electron chi connectivity index (χ4n) is 0.253. The molecule has 0 saturated carbocycles. The van der Waals surface area contributed by atoms with Crippen LogP contribution in [0.3, 0.4) is 0 Å². The van der Waals surface area contributed by atoms with Gasteiger partial charge < -0.3 is 0 Å². The third kappa shape index (κ3) is 2.30. The number of nitrogens with zero attached hydrogens (tertiary/aromatic N) is 2. The van der Waals surface area contributed by atoms with Crippen molar-refractivity contribution >= 4 is 9.92 Å². The van der Waals surface area contributed by atoms with Gasteiger partial charge in [0, 0.05) is 20.4 Å². The van der Waals surface area contributed by atoms with Crippen LogP contribution >= 0.6 is 0 Å². The molecular weight excluding hydrogens is 140 g/mol. The summed E-state index contributed by atoms with van der Waals surface area (Å²) >= 11 is 0. The number of hydrogen-bond acceptors (Lipinski definition) is 3. The quantitative estimate of drug-likeness (QED) is 0.527. The van der Waals surface area contributed by atoms with Crippen molar-refractivity contribution in [2.45, 2.75) is 0 Å². The minimum Gasteiger partial charge on any atom is -0.289 e. The lowest BCUT2D eigenvalue weighted by atomic mass is 11.5. The molecule has 1 unspecified atom stereocenters. The van der Waals surface area contributed by atoms with E-state index < -0.39 is 9.92 Å². The highest BCUT2D eigenvalue weighted by Crippen LogP contribution is 1.95. The topological polar surface area (TPSA) is 41.9 Å². The van der Waals surface area contributed by atoms with E-state index in [1.807, 2.05) is 0 Å². The average Bonchev–Trinajstić information content (AvgIpc) is 1.86. The molecule has 9 heavy (non-hydrogen) atoms. The lowest BCUT2D eigenvalue weighted by molar-refractivity contribution is -0.0217. The first-order valence-electron chi connectivity index (χ1n) is 2.43. The first kappa shape index (κ1) is 8.87. The monoisotopic (exact) mass is 152 g/mol. The van der Waals surface area contributed by atoms with Crippen LogP contribution < -0.4 is 0 Å². The molecule has 0 heterocycles. The fraction of sp³-hybridized carbons (Fsp3) is 1.00. The van der Waals surface area contributed by atoms with E-state index in [9.17, 15) is 4.21 Å². The maximum Gasteiger partial charge on any atom is 0.129 e. The van der Waals surface area contributed by atoms with Crippen LogP contribution in [0.1, 0.15) is 0 Å². The summed E-state index contributed by atoms with van der Waals surface area (Å²) in [5, 5.41) is 0. The predicted molar refractivity (Wildman–Crippen MR) is 37.2 cm³/mol. The summed E-state index contributed by atoms with van der Waals surface area (Å²) in [6, 6.07) is 0. The van der Waals surface area contributed by atoms with E-state index in [-0.39, 0.29) is 0 Å². The molecule has 0 amide bonds. The van der Waals surface area contributed by atoms with Crippen molar-refractivity contribution in [3.05, 3.63) is 0 Å². The molecule has 0 aliphatic heterocycles. The minimum absolute atomic E-state index is 1.23. The predicted octanol–water partition coefficient (Wildman–Crippen LogP) is 0.122. The van der Waals surface area contributed by atoms with Crippen LogP contribution in [0.25, 0.3) is 0 Å². The Kier molecular flexibility index (Phi) is 3.10. The zero-order valence-corrected chi connectivity index (χ0v) is 6.94. The molecule has 0 N–H and O–H groups in total. The van der Waals surface area contributed by atoms with Gasteiger partial charge in [0.15, 0.2) is 0 Å². The van der Waals surface area contributed by atoms with Crippen LogP contribution in [0, 0.1) is 0 Å². The minimum atomic E-state index is -2.26. The molecule has 0 fully saturated rings. The maximum absolute atomic E-state index is 11.1. The molecule has 56 valence electrons. The largest absolute Gasteiger partial charge is 0.289 e. The van der Waals surface area contributed by atoms with E-state index >= 15 is 0 Å². The van der Waals surface area contributed by atoms with Crippen molar-refractivity contribution in [2.75, 3.05) is 27.5 Å². The van der Waals surface area contributed by atoms with Crippen molar-refractivity contribution in [1.29, 1.82) is 0 Å². The summed E-state index contributed by atoms with van der Waals surface area (Å²) in [6.45, 7) is 0. The molecule has 0 radical (unpaired) electrons. The maximum atomic E-state index is 11.1. The van der Waals surface area contributed by atoms with Gasteiger partial charge in [-0.3, -0.25) is 4.84 Å². The molecular formula is C4H12N2O2S. The van der Waals surface area contributed by atoms with Gasteiger partial charge in [0.05, 0.1) is 7.11 Å². The molecule has 0 spiro atoms. The number of hydrogen-bond donors (Lipinski definition) is 0. The van der Waals surface area contributed by atoms with Crippen LogP contribution in [0.2, 0.25) is 0 Å². The van der Waals surface area contributed by atoms with E-state index in [0.717, 1.165) is 0 Å². The Morgan fingerprint density at radius 1 is 1.67 bits per heavy atom. The normalized spacial score (nSPS) is 17.4.